The van der Waals surface area contributed by atoms with Crippen LogP contribution in [0.3, 0.4) is 0 Å². The molecule has 2 fully saturated rings. The van der Waals surface area contributed by atoms with Crippen molar-refractivity contribution in [3.63, 3.8) is 0 Å². The summed E-state index contributed by atoms with van der Waals surface area (Å²) < 4.78 is 28.4. The molecule has 1 unspecified atom stereocenters. The maximum absolute atomic E-state index is 12.5. The minimum atomic E-state index is -3.22. The Bertz CT molecular complexity index is 362. The van der Waals surface area contributed by atoms with Gasteiger partial charge in [-0.1, -0.05) is 13.8 Å². The molecule has 0 amide bonds. The molecule has 0 aromatic rings. The Morgan fingerprint density at radius 2 is 1.89 bits per heavy atom. The van der Waals surface area contributed by atoms with Gasteiger partial charge in [-0.15, -0.1) is 0 Å². The van der Waals surface area contributed by atoms with E-state index in [4.69, 9.17) is 0 Å². The van der Waals surface area contributed by atoms with Crippen molar-refractivity contribution in [2.45, 2.75) is 26.7 Å². The van der Waals surface area contributed by atoms with Crippen molar-refractivity contribution < 1.29 is 8.42 Å². The first kappa shape index (κ1) is 14.2. The van der Waals surface area contributed by atoms with E-state index < -0.39 is 10.2 Å². The number of nitrogens with zero attached hydrogens (tertiary/aromatic N) is 2. The standard InChI is InChI=1S/C12H25N3O2S/c1-11(2)12-4-8-15(10-12)18(16,17)14-7-3-5-13-6-9-14/h11-13H,3-10H2,1-2H3. The molecule has 0 aromatic carbocycles. The number of nitrogens with one attached hydrogen (secondary N) is 1. The van der Waals surface area contributed by atoms with Gasteiger partial charge in [0.1, 0.15) is 0 Å². The van der Waals surface area contributed by atoms with E-state index in [0.717, 1.165) is 25.9 Å². The molecule has 6 heteroatoms. The summed E-state index contributed by atoms with van der Waals surface area (Å²) in [5, 5.41) is 3.24. The van der Waals surface area contributed by atoms with Crippen molar-refractivity contribution in [3.8, 4) is 0 Å². The van der Waals surface area contributed by atoms with Gasteiger partial charge in [-0.05, 0) is 31.2 Å². The summed E-state index contributed by atoms with van der Waals surface area (Å²) in [5.41, 5.74) is 0. The molecular formula is C12H25N3O2S. The van der Waals surface area contributed by atoms with Crippen molar-refractivity contribution in [1.82, 2.24) is 13.9 Å². The van der Waals surface area contributed by atoms with Crippen LogP contribution in [-0.2, 0) is 10.2 Å². The zero-order valence-corrected chi connectivity index (χ0v) is 12.2. The quantitative estimate of drug-likeness (QED) is 0.816. The highest BCUT2D eigenvalue weighted by molar-refractivity contribution is 7.86. The molecule has 1 atom stereocenters. The Morgan fingerprint density at radius 3 is 2.56 bits per heavy atom. The van der Waals surface area contributed by atoms with Gasteiger partial charge in [0.15, 0.2) is 0 Å². The van der Waals surface area contributed by atoms with Crippen molar-refractivity contribution in [2.75, 3.05) is 39.3 Å². The van der Waals surface area contributed by atoms with E-state index in [0.29, 0.717) is 38.0 Å². The largest absolute Gasteiger partial charge is 0.315 e. The second-order valence-electron chi connectivity index (χ2n) is 5.66. The fourth-order valence-corrected chi connectivity index (χ4v) is 4.45. The van der Waals surface area contributed by atoms with E-state index in [-0.39, 0.29) is 0 Å². The third kappa shape index (κ3) is 3.04. The van der Waals surface area contributed by atoms with Crippen molar-refractivity contribution in [1.29, 1.82) is 0 Å². The van der Waals surface area contributed by atoms with Crippen LogP contribution < -0.4 is 5.32 Å². The lowest BCUT2D eigenvalue weighted by molar-refractivity contribution is 0.350. The first-order valence-electron chi connectivity index (χ1n) is 6.98. The van der Waals surface area contributed by atoms with Crippen LogP contribution in [0.2, 0.25) is 0 Å². The van der Waals surface area contributed by atoms with E-state index in [9.17, 15) is 8.42 Å². The third-order valence-electron chi connectivity index (χ3n) is 4.08. The van der Waals surface area contributed by atoms with Crippen molar-refractivity contribution >= 4 is 10.2 Å². The second-order valence-corrected chi connectivity index (χ2v) is 7.59. The minimum absolute atomic E-state index is 0.518. The van der Waals surface area contributed by atoms with Crippen LogP contribution in [0.1, 0.15) is 26.7 Å². The van der Waals surface area contributed by atoms with Crippen LogP contribution in [-0.4, -0.2) is 56.3 Å². The first-order valence-corrected chi connectivity index (χ1v) is 8.37. The fourth-order valence-electron chi connectivity index (χ4n) is 2.72. The number of rotatable bonds is 3. The number of hydrogen-bond acceptors (Lipinski definition) is 3. The van der Waals surface area contributed by atoms with Gasteiger partial charge < -0.3 is 5.32 Å². The van der Waals surface area contributed by atoms with Crippen molar-refractivity contribution in [3.05, 3.63) is 0 Å². The average molecular weight is 275 g/mol. The Balaban J connectivity index is 2.02. The fraction of sp³-hybridized carbons (Fsp3) is 1.00. The lowest BCUT2D eigenvalue weighted by atomic mass is 9.96. The Hall–Kier alpha value is -0.170. The molecule has 5 nitrogen and oxygen atoms in total. The molecule has 106 valence electrons. The van der Waals surface area contributed by atoms with Crippen LogP contribution in [0.25, 0.3) is 0 Å². The SMILES string of the molecule is CC(C)C1CCN(S(=O)(=O)N2CCCNCC2)C1. The predicted molar refractivity (Wildman–Crippen MR) is 72.5 cm³/mol. The average Bonchev–Trinajstić information content (AvgIpc) is 2.66. The highest BCUT2D eigenvalue weighted by Crippen LogP contribution is 2.27. The Morgan fingerprint density at radius 1 is 1.11 bits per heavy atom. The molecule has 0 radical (unpaired) electrons. The molecular weight excluding hydrogens is 250 g/mol. The molecule has 2 aliphatic heterocycles. The van der Waals surface area contributed by atoms with E-state index in [1.165, 1.54) is 0 Å². The summed E-state index contributed by atoms with van der Waals surface area (Å²) in [7, 11) is -3.22. The maximum Gasteiger partial charge on any atom is 0.282 e. The summed E-state index contributed by atoms with van der Waals surface area (Å²) in [6.45, 7) is 8.68. The first-order chi connectivity index (χ1) is 8.51. The molecule has 0 saturated carbocycles. The van der Waals surface area contributed by atoms with E-state index >= 15 is 0 Å². The molecule has 2 rings (SSSR count). The van der Waals surface area contributed by atoms with E-state index in [2.05, 4.69) is 19.2 Å². The predicted octanol–water partition coefficient (Wildman–Crippen LogP) is 0.504. The van der Waals surface area contributed by atoms with Crippen LogP contribution in [0, 0.1) is 11.8 Å². The van der Waals surface area contributed by atoms with Gasteiger partial charge in [0.05, 0.1) is 0 Å². The van der Waals surface area contributed by atoms with Gasteiger partial charge in [0.2, 0.25) is 0 Å². The van der Waals surface area contributed by atoms with Crippen LogP contribution in [0.4, 0.5) is 0 Å². The second kappa shape index (κ2) is 5.86. The Kier molecular flexibility index (Phi) is 4.64. The van der Waals surface area contributed by atoms with E-state index in [1.54, 1.807) is 8.61 Å². The topological polar surface area (TPSA) is 52.7 Å². The summed E-state index contributed by atoms with van der Waals surface area (Å²) in [5.74, 6) is 1.08. The van der Waals surface area contributed by atoms with Gasteiger partial charge >= 0.3 is 0 Å². The molecule has 0 spiro atoms. The highest BCUT2D eigenvalue weighted by atomic mass is 32.2. The van der Waals surface area contributed by atoms with Gasteiger partial charge in [0.25, 0.3) is 10.2 Å². The van der Waals surface area contributed by atoms with Crippen LogP contribution in [0.15, 0.2) is 0 Å². The van der Waals surface area contributed by atoms with Gasteiger partial charge in [-0.25, -0.2) is 0 Å². The van der Waals surface area contributed by atoms with Crippen molar-refractivity contribution in [2.24, 2.45) is 11.8 Å². The molecule has 2 heterocycles. The summed E-state index contributed by atoms with van der Waals surface area (Å²) >= 11 is 0. The molecule has 0 bridgehead atoms. The van der Waals surface area contributed by atoms with Gasteiger partial charge in [-0.2, -0.15) is 17.0 Å². The molecule has 2 aliphatic rings. The van der Waals surface area contributed by atoms with E-state index in [1.807, 2.05) is 0 Å². The van der Waals surface area contributed by atoms with Crippen LogP contribution >= 0.6 is 0 Å². The third-order valence-corrected chi connectivity index (χ3v) is 6.08. The summed E-state index contributed by atoms with van der Waals surface area (Å²) in [4.78, 5) is 0. The monoisotopic (exact) mass is 275 g/mol. The van der Waals surface area contributed by atoms with Gasteiger partial charge in [-0.3, -0.25) is 0 Å². The smallest absolute Gasteiger partial charge is 0.282 e. The molecule has 2 saturated heterocycles. The van der Waals surface area contributed by atoms with Crippen LogP contribution in [0.5, 0.6) is 0 Å². The lowest BCUT2D eigenvalue weighted by Crippen LogP contribution is -2.44. The van der Waals surface area contributed by atoms with Gasteiger partial charge in [0, 0.05) is 32.7 Å². The highest BCUT2D eigenvalue weighted by Gasteiger charge is 2.36. The molecule has 0 aromatic heterocycles. The summed E-state index contributed by atoms with van der Waals surface area (Å²) in [6.07, 6.45) is 1.91. The molecule has 1 N–H and O–H groups in total. The number of hydrogen-bond donors (Lipinski definition) is 1. The zero-order chi connectivity index (χ0) is 13.2. The Labute approximate surface area is 111 Å². The lowest BCUT2D eigenvalue weighted by Gasteiger charge is -2.26. The molecule has 0 aliphatic carbocycles. The summed E-state index contributed by atoms with van der Waals surface area (Å²) in [6, 6.07) is 0. The molecule has 18 heavy (non-hydrogen) atoms. The minimum Gasteiger partial charge on any atom is -0.315 e. The maximum atomic E-state index is 12.5. The normalized spacial score (nSPS) is 28.7. The zero-order valence-electron chi connectivity index (χ0n) is 11.4.